The molecule has 0 saturated heterocycles. The normalized spacial score (nSPS) is 9.33. The molecule has 0 fully saturated rings. The minimum Gasteiger partial charge on any atom is -0.206 e. The minimum atomic E-state index is -2.21. The van der Waals surface area contributed by atoms with Crippen LogP contribution < -0.4 is 0 Å². The zero-order chi connectivity index (χ0) is 7.28. The summed E-state index contributed by atoms with van der Waals surface area (Å²) in [6.45, 7) is 0. The first-order valence-electron chi connectivity index (χ1n) is 2.49. The van der Waals surface area contributed by atoms with Crippen LogP contribution in [0.4, 0.5) is 13.2 Å². The summed E-state index contributed by atoms with van der Waals surface area (Å²) >= 11 is 3.73. The average molecular weight is 156 g/mol. The van der Waals surface area contributed by atoms with Crippen LogP contribution in [0.5, 0.6) is 0 Å². The van der Waals surface area contributed by atoms with Gasteiger partial charge in [0.25, 0.3) is 0 Å². The Morgan fingerprint density at radius 1 is 1.22 bits per heavy atom. The smallest absolute Gasteiger partial charge is 0.206 e. The largest absolute Gasteiger partial charge is 0.301 e. The van der Waals surface area contributed by atoms with Gasteiger partial charge >= 0.3 is 6.08 Å². The van der Waals surface area contributed by atoms with Gasteiger partial charge in [0, 0.05) is 6.42 Å². The van der Waals surface area contributed by atoms with Gasteiger partial charge in [-0.3, -0.25) is 0 Å². The maximum absolute atomic E-state index is 11.8. The average Bonchev–Trinajstić information content (AvgIpc) is 1.82. The SMILES string of the molecule is FC(F)=C(F)CCCS. The lowest BCUT2D eigenvalue weighted by atomic mass is 10.3. The first-order chi connectivity index (χ1) is 4.18. The maximum atomic E-state index is 11.8. The van der Waals surface area contributed by atoms with E-state index in [9.17, 15) is 13.2 Å². The third-order valence-corrected chi connectivity index (χ3v) is 1.08. The van der Waals surface area contributed by atoms with E-state index < -0.39 is 11.9 Å². The summed E-state index contributed by atoms with van der Waals surface area (Å²) in [6.07, 6.45) is -2.06. The molecule has 0 N–H and O–H groups in total. The summed E-state index contributed by atoms with van der Waals surface area (Å²) in [4.78, 5) is 0. The second kappa shape index (κ2) is 4.73. The number of hydrogen-bond donors (Lipinski definition) is 1. The van der Waals surface area contributed by atoms with Crippen molar-refractivity contribution < 1.29 is 13.2 Å². The fraction of sp³-hybridized carbons (Fsp3) is 0.600. The van der Waals surface area contributed by atoms with Crippen LogP contribution in [0.2, 0.25) is 0 Å². The molecule has 0 spiro atoms. The van der Waals surface area contributed by atoms with E-state index in [2.05, 4.69) is 12.6 Å². The topological polar surface area (TPSA) is 0 Å². The van der Waals surface area contributed by atoms with Gasteiger partial charge in [-0.2, -0.15) is 21.4 Å². The molecule has 9 heavy (non-hydrogen) atoms. The monoisotopic (exact) mass is 156 g/mol. The molecule has 0 aromatic heterocycles. The highest BCUT2D eigenvalue weighted by Gasteiger charge is 2.02. The molecule has 0 unspecified atom stereocenters. The Hall–Kier alpha value is -0.120. The van der Waals surface area contributed by atoms with Crippen LogP contribution in [0.3, 0.4) is 0 Å². The Balaban J connectivity index is 3.50. The highest BCUT2D eigenvalue weighted by atomic mass is 32.1. The lowest BCUT2D eigenvalue weighted by molar-refractivity contribution is 0.370. The van der Waals surface area contributed by atoms with Crippen LogP contribution in [0.15, 0.2) is 11.9 Å². The molecule has 0 aromatic rings. The molecular weight excluding hydrogens is 149 g/mol. The second-order valence-corrected chi connectivity index (χ2v) is 1.94. The maximum Gasteiger partial charge on any atom is 0.301 e. The van der Waals surface area contributed by atoms with Crippen molar-refractivity contribution in [2.75, 3.05) is 5.75 Å². The van der Waals surface area contributed by atoms with Crippen molar-refractivity contribution in [2.45, 2.75) is 12.8 Å². The van der Waals surface area contributed by atoms with Gasteiger partial charge in [-0.25, -0.2) is 4.39 Å². The number of rotatable bonds is 3. The summed E-state index contributed by atoms with van der Waals surface area (Å²) in [5.74, 6) is -0.884. The highest BCUT2D eigenvalue weighted by molar-refractivity contribution is 7.80. The zero-order valence-electron chi connectivity index (χ0n) is 4.70. The summed E-state index contributed by atoms with van der Waals surface area (Å²) in [7, 11) is 0. The van der Waals surface area contributed by atoms with Gasteiger partial charge in [-0.05, 0) is 12.2 Å². The Labute approximate surface area is 57.2 Å². The standard InChI is InChI=1S/C5H7F3S/c6-4(5(7)8)2-1-3-9/h9H,1-3H2. The van der Waals surface area contributed by atoms with E-state index in [0.717, 1.165) is 0 Å². The molecule has 0 aliphatic rings. The Bertz CT molecular complexity index is 107. The van der Waals surface area contributed by atoms with E-state index in [0.29, 0.717) is 12.2 Å². The molecule has 0 rings (SSSR count). The molecule has 0 nitrogen and oxygen atoms in total. The van der Waals surface area contributed by atoms with Gasteiger partial charge in [-0.1, -0.05) is 0 Å². The van der Waals surface area contributed by atoms with Crippen molar-refractivity contribution in [3.63, 3.8) is 0 Å². The number of thiol groups is 1. The summed E-state index contributed by atoms with van der Waals surface area (Å²) in [6, 6.07) is 0. The van der Waals surface area contributed by atoms with Crippen LogP contribution in [-0.2, 0) is 0 Å². The molecule has 0 aliphatic carbocycles. The molecular formula is C5H7F3S. The van der Waals surface area contributed by atoms with E-state index in [1.54, 1.807) is 0 Å². The summed E-state index contributed by atoms with van der Waals surface area (Å²) in [5.41, 5.74) is 0. The van der Waals surface area contributed by atoms with Gasteiger partial charge in [-0.15, -0.1) is 0 Å². The van der Waals surface area contributed by atoms with Gasteiger partial charge in [0.15, 0.2) is 5.83 Å². The lowest BCUT2D eigenvalue weighted by Crippen LogP contribution is -1.78. The molecule has 0 atom stereocenters. The lowest BCUT2D eigenvalue weighted by Gasteiger charge is -1.90. The Kier molecular flexibility index (Phi) is 4.67. The number of hydrogen-bond acceptors (Lipinski definition) is 1. The van der Waals surface area contributed by atoms with Crippen molar-refractivity contribution >= 4 is 12.6 Å². The van der Waals surface area contributed by atoms with E-state index >= 15 is 0 Å². The Morgan fingerprint density at radius 3 is 2.11 bits per heavy atom. The molecule has 0 heterocycles. The molecule has 0 aliphatic heterocycles. The van der Waals surface area contributed by atoms with Gasteiger partial charge in [0.05, 0.1) is 0 Å². The third-order valence-electron chi connectivity index (χ3n) is 0.759. The third kappa shape index (κ3) is 4.39. The highest BCUT2D eigenvalue weighted by Crippen LogP contribution is 2.14. The van der Waals surface area contributed by atoms with Gasteiger partial charge < -0.3 is 0 Å². The van der Waals surface area contributed by atoms with Crippen molar-refractivity contribution in [3.8, 4) is 0 Å². The van der Waals surface area contributed by atoms with Crippen molar-refractivity contribution in [1.82, 2.24) is 0 Å². The van der Waals surface area contributed by atoms with Crippen LogP contribution in [0.25, 0.3) is 0 Å². The molecule has 0 radical (unpaired) electrons. The quantitative estimate of drug-likeness (QED) is 0.597. The first kappa shape index (κ1) is 8.88. The van der Waals surface area contributed by atoms with E-state index in [4.69, 9.17) is 0 Å². The number of allylic oxidation sites excluding steroid dienone is 1. The van der Waals surface area contributed by atoms with Gasteiger partial charge in [0.2, 0.25) is 0 Å². The molecule has 0 bridgehead atoms. The van der Waals surface area contributed by atoms with E-state index in [-0.39, 0.29) is 6.42 Å². The van der Waals surface area contributed by atoms with Crippen molar-refractivity contribution in [1.29, 1.82) is 0 Å². The first-order valence-corrected chi connectivity index (χ1v) is 3.12. The molecule has 0 aromatic carbocycles. The fourth-order valence-corrected chi connectivity index (χ4v) is 0.487. The molecule has 0 saturated carbocycles. The van der Waals surface area contributed by atoms with Gasteiger partial charge in [0.1, 0.15) is 0 Å². The second-order valence-electron chi connectivity index (χ2n) is 1.49. The minimum absolute atomic E-state index is 0.203. The predicted octanol–water partition coefficient (Wildman–Crippen LogP) is 2.77. The van der Waals surface area contributed by atoms with Crippen molar-refractivity contribution in [3.05, 3.63) is 11.9 Å². The fourth-order valence-electron chi connectivity index (χ4n) is 0.329. The predicted molar refractivity (Wildman–Crippen MR) is 33.4 cm³/mol. The molecule has 0 amide bonds. The van der Waals surface area contributed by atoms with E-state index in [1.165, 1.54) is 0 Å². The van der Waals surface area contributed by atoms with Crippen LogP contribution >= 0.6 is 12.6 Å². The van der Waals surface area contributed by atoms with Crippen LogP contribution in [0.1, 0.15) is 12.8 Å². The number of halogens is 3. The molecule has 54 valence electrons. The summed E-state index contributed by atoms with van der Waals surface area (Å²) in [5, 5.41) is 0. The van der Waals surface area contributed by atoms with Crippen LogP contribution in [-0.4, -0.2) is 5.75 Å². The summed E-state index contributed by atoms with van der Waals surface area (Å²) < 4.78 is 34.3. The zero-order valence-corrected chi connectivity index (χ0v) is 5.60. The van der Waals surface area contributed by atoms with Crippen molar-refractivity contribution in [2.24, 2.45) is 0 Å². The van der Waals surface area contributed by atoms with E-state index in [1.807, 2.05) is 0 Å². The molecule has 4 heteroatoms. The Morgan fingerprint density at radius 2 is 1.78 bits per heavy atom. The van der Waals surface area contributed by atoms with Crippen LogP contribution in [0, 0.1) is 0 Å².